The number of hydrogen-bond donors (Lipinski definition) is 3. The van der Waals surface area contributed by atoms with Crippen LogP contribution >= 0.6 is 11.6 Å². The lowest BCUT2D eigenvalue weighted by Gasteiger charge is -2.32. The molecule has 10 heteroatoms. The van der Waals surface area contributed by atoms with Gasteiger partial charge in [-0.25, -0.2) is 9.97 Å². The van der Waals surface area contributed by atoms with Gasteiger partial charge in [0, 0.05) is 49.6 Å². The van der Waals surface area contributed by atoms with Gasteiger partial charge >= 0.3 is 5.97 Å². The Balaban J connectivity index is 1.33. The second-order valence-corrected chi connectivity index (χ2v) is 11.0. The summed E-state index contributed by atoms with van der Waals surface area (Å²) in [7, 11) is 0. The van der Waals surface area contributed by atoms with E-state index in [1.54, 1.807) is 6.20 Å². The van der Waals surface area contributed by atoms with Crippen molar-refractivity contribution in [3.8, 4) is 17.3 Å². The number of ether oxygens (including phenoxy) is 2. The minimum absolute atomic E-state index is 0.0962. The highest BCUT2D eigenvalue weighted by Gasteiger charge is 2.32. The summed E-state index contributed by atoms with van der Waals surface area (Å²) in [6.45, 7) is 6.02. The van der Waals surface area contributed by atoms with Gasteiger partial charge in [0.25, 0.3) is 0 Å². The summed E-state index contributed by atoms with van der Waals surface area (Å²) in [4.78, 5) is 21.0. The van der Waals surface area contributed by atoms with E-state index in [2.05, 4.69) is 27.0 Å². The molecule has 39 heavy (non-hydrogen) atoms. The summed E-state index contributed by atoms with van der Waals surface area (Å²) in [5, 5.41) is 20.8. The average molecular weight is 555 g/mol. The van der Waals surface area contributed by atoms with Crippen LogP contribution in [-0.2, 0) is 14.3 Å². The third-order valence-electron chi connectivity index (χ3n) is 7.55. The first-order valence-corrected chi connectivity index (χ1v) is 14.3. The van der Waals surface area contributed by atoms with Gasteiger partial charge in [-0.2, -0.15) is 5.26 Å². The number of hydrogen-bond acceptors (Lipinski definition) is 9. The number of esters is 1. The first kappa shape index (κ1) is 29.1. The molecule has 4 rings (SSSR count). The van der Waals surface area contributed by atoms with Crippen molar-refractivity contribution < 1.29 is 14.3 Å². The van der Waals surface area contributed by atoms with Crippen LogP contribution in [0.2, 0.25) is 5.02 Å². The molecule has 0 aromatic carbocycles. The van der Waals surface area contributed by atoms with Crippen LogP contribution in [0, 0.1) is 16.7 Å². The van der Waals surface area contributed by atoms with Crippen LogP contribution in [0.15, 0.2) is 30.5 Å². The average Bonchev–Trinajstić information content (AvgIpc) is 2.95. The van der Waals surface area contributed by atoms with Crippen molar-refractivity contribution in [2.75, 3.05) is 37.0 Å². The van der Waals surface area contributed by atoms with E-state index in [0.717, 1.165) is 42.8 Å². The van der Waals surface area contributed by atoms with E-state index >= 15 is 0 Å². The van der Waals surface area contributed by atoms with Crippen molar-refractivity contribution in [3.05, 3.63) is 35.5 Å². The molecule has 0 spiro atoms. The molecule has 2 aromatic heterocycles. The Morgan fingerprint density at radius 1 is 1.23 bits per heavy atom. The lowest BCUT2D eigenvalue weighted by molar-refractivity contribution is -0.143. The maximum Gasteiger partial charge on any atom is 0.307 e. The summed E-state index contributed by atoms with van der Waals surface area (Å²) < 4.78 is 10.5. The number of halogens is 1. The second kappa shape index (κ2) is 13.9. The molecule has 2 aromatic rings. The van der Waals surface area contributed by atoms with Gasteiger partial charge in [-0.1, -0.05) is 17.7 Å². The molecule has 1 atom stereocenters. The van der Waals surface area contributed by atoms with Crippen molar-refractivity contribution in [1.82, 2.24) is 15.3 Å². The molecule has 210 valence electrons. The number of rotatable bonds is 11. The maximum absolute atomic E-state index is 11.7. The van der Waals surface area contributed by atoms with Crippen LogP contribution in [-0.4, -0.2) is 60.4 Å². The molecule has 0 radical (unpaired) electrons. The highest BCUT2D eigenvalue weighted by Crippen LogP contribution is 2.32. The number of carbonyl (C=O) groups excluding carboxylic acids is 1. The molecule has 9 nitrogen and oxygen atoms in total. The van der Waals surface area contributed by atoms with Gasteiger partial charge in [-0.05, 0) is 70.6 Å². The minimum atomic E-state index is -0.436. The number of nitriles is 1. The normalized spacial score (nSPS) is 21.4. The molecule has 1 saturated carbocycles. The Morgan fingerprint density at radius 3 is 2.69 bits per heavy atom. The molecule has 3 heterocycles. The van der Waals surface area contributed by atoms with Gasteiger partial charge in [0.05, 0.1) is 35.2 Å². The fourth-order valence-electron chi connectivity index (χ4n) is 5.29. The van der Waals surface area contributed by atoms with E-state index in [4.69, 9.17) is 26.1 Å². The molecular weight excluding hydrogens is 516 g/mol. The Kier molecular flexibility index (Phi) is 10.4. The van der Waals surface area contributed by atoms with E-state index in [9.17, 15) is 10.1 Å². The summed E-state index contributed by atoms with van der Waals surface area (Å²) >= 11 is 6.54. The van der Waals surface area contributed by atoms with Crippen molar-refractivity contribution in [1.29, 1.82) is 5.26 Å². The molecule has 2 fully saturated rings. The summed E-state index contributed by atoms with van der Waals surface area (Å²) in [5.41, 5.74) is 1.12. The largest absolute Gasteiger partial charge is 0.466 e. The van der Waals surface area contributed by atoms with Crippen molar-refractivity contribution in [2.45, 2.75) is 76.9 Å². The molecule has 1 aliphatic heterocycles. The lowest BCUT2D eigenvalue weighted by Crippen LogP contribution is -2.42. The highest BCUT2D eigenvalue weighted by molar-refractivity contribution is 6.33. The smallest absolute Gasteiger partial charge is 0.307 e. The van der Waals surface area contributed by atoms with Gasteiger partial charge in [-0.15, -0.1) is 0 Å². The van der Waals surface area contributed by atoms with E-state index in [1.807, 2.05) is 38.1 Å². The van der Waals surface area contributed by atoms with Crippen LogP contribution in [0.3, 0.4) is 0 Å². The first-order valence-electron chi connectivity index (χ1n) is 13.9. The Hall–Kier alpha value is -2.93. The predicted molar refractivity (Wildman–Crippen MR) is 153 cm³/mol. The Labute approximate surface area is 236 Å². The van der Waals surface area contributed by atoms with Gasteiger partial charge in [0.2, 0.25) is 0 Å². The summed E-state index contributed by atoms with van der Waals surface area (Å²) in [6, 6.07) is 11.0. The van der Waals surface area contributed by atoms with Crippen molar-refractivity contribution in [2.24, 2.45) is 5.41 Å². The number of nitrogens with one attached hydrogen (secondary N) is 3. The van der Waals surface area contributed by atoms with Gasteiger partial charge in [0.1, 0.15) is 11.6 Å². The van der Waals surface area contributed by atoms with E-state index < -0.39 is 5.41 Å². The number of carbonyl (C=O) groups is 1. The SMILES string of the molecule is CCOC(=O)C[C@@H](C)N[C@H]1CC[C@H](Nc2cc(-c3cccc(NCC4(C#N)CCOCC4)n3)c(Cl)cn2)CC1. The second-order valence-electron chi connectivity index (χ2n) is 10.6. The number of anilines is 2. The summed E-state index contributed by atoms with van der Waals surface area (Å²) in [6.07, 6.45) is 7.55. The fraction of sp³-hybridized carbons (Fsp3) is 0.586. The Bertz CT molecular complexity index is 1140. The zero-order valence-corrected chi connectivity index (χ0v) is 23.6. The third-order valence-corrected chi connectivity index (χ3v) is 7.85. The molecule has 2 aliphatic rings. The molecule has 1 aliphatic carbocycles. The number of nitrogens with zero attached hydrogens (tertiary/aromatic N) is 3. The third kappa shape index (κ3) is 8.28. The zero-order valence-electron chi connectivity index (χ0n) is 22.8. The summed E-state index contributed by atoms with van der Waals surface area (Å²) in [5.74, 6) is 1.32. The molecule has 0 unspecified atom stereocenters. The first-order chi connectivity index (χ1) is 18.9. The van der Waals surface area contributed by atoms with Crippen LogP contribution < -0.4 is 16.0 Å². The van der Waals surface area contributed by atoms with Crippen LogP contribution in [0.4, 0.5) is 11.6 Å². The zero-order chi connectivity index (χ0) is 27.7. The van der Waals surface area contributed by atoms with E-state index in [0.29, 0.717) is 68.6 Å². The van der Waals surface area contributed by atoms with Crippen LogP contribution in [0.1, 0.15) is 58.8 Å². The monoisotopic (exact) mass is 554 g/mol. The Morgan fingerprint density at radius 2 is 1.97 bits per heavy atom. The van der Waals surface area contributed by atoms with Gasteiger partial charge < -0.3 is 25.4 Å². The maximum atomic E-state index is 11.7. The van der Waals surface area contributed by atoms with Crippen molar-refractivity contribution in [3.63, 3.8) is 0 Å². The van der Waals surface area contributed by atoms with E-state index in [1.165, 1.54) is 0 Å². The lowest BCUT2D eigenvalue weighted by atomic mass is 9.82. The van der Waals surface area contributed by atoms with E-state index in [-0.39, 0.29) is 12.0 Å². The molecule has 3 N–H and O–H groups in total. The van der Waals surface area contributed by atoms with Crippen LogP contribution in [0.5, 0.6) is 0 Å². The topological polar surface area (TPSA) is 121 Å². The highest BCUT2D eigenvalue weighted by atomic mass is 35.5. The van der Waals surface area contributed by atoms with Gasteiger partial charge in [-0.3, -0.25) is 4.79 Å². The van der Waals surface area contributed by atoms with Crippen molar-refractivity contribution >= 4 is 29.2 Å². The van der Waals surface area contributed by atoms with Crippen LogP contribution in [0.25, 0.3) is 11.3 Å². The number of pyridine rings is 2. The molecule has 0 amide bonds. The number of aromatic nitrogens is 2. The molecule has 0 bridgehead atoms. The van der Waals surface area contributed by atoms with Gasteiger partial charge in [0.15, 0.2) is 0 Å². The quantitative estimate of drug-likeness (QED) is 0.322. The minimum Gasteiger partial charge on any atom is -0.466 e. The standard InChI is InChI=1S/C29H39ClN6O3/c1-3-39-28(37)15-20(2)34-21-7-9-22(10-8-21)35-27-16-23(24(30)17-32-27)25-5-4-6-26(36-25)33-19-29(18-31)11-13-38-14-12-29/h4-6,16-17,20-22,34H,3,7-15,19H2,1-2H3,(H,32,35)(H,33,36)/t20-,21-,22-/m1/s1. The molecular formula is C29H39ClN6O3. The molecule has 1 saturated heterocycles. The fourth-order valence-corrected chi connectivity index (χ4v) is 5.49. The predicted octanol–water partition coefficient (Wildman–Crippen LogP) is 5.18.